The Morgan fingerprint density at radius 2 is 2.15 bits per heavy atom. The quantitative estimate of drug-likeness (QED) is 0.855. The molecule has 2 N–H and O–H groups in total. The topological polar surface area (TPSA) is 80.7 Å². The first-order valence-electron chi connectivity index (χ1n) is 8.45. The SMILES string of the molecule is COc1cc(C2CCCO2)nc(C(=O)NC(C)c2ccc(F)cc2)c1O. The van der Waals surface area contributed by atoms with E-state index in [0.717, 1.165) is 18.4 Å². The molecule has 6 nitrogen and oxygen atoms in total. The number of aromatic nitrogens is 1. The molecule has 2 aromatic rings. The Labute approximate surface area is 151 Å². The highest BCUT2D eigenvalue weighted by molar-refractivity contribution is 5.96. The van der Waals surface area contributed by atoms with Gasteiger partial charge in [0, 0.05) is 12.7 Å². The Morgan fingerprint density at radius 3 is 2.77 bits per heavy atom. The Bertz CT molecular complexity index is 789. The number of ether oxygens (including phenoxy) is 2. The second kappa shape index (κ2) is 7.70. The third-order valence-electron chi connectivity index (χ3n) is 4.39. The number of nitrogens with one attached hydrogen (secondary N) is 1. The fourth-order valence-electron chi connectivity index (χ4n) is 2.92. The summed E-state index contributed by atoms with van der Waals surface area (Å²) in [7, 11) is 1.41. The maximum atomic E-state index is 13.1. The van der Waals surface area contributed by atoms with Gasteiger partial charge in [0.05, 0.1) is 24.9 Å². The van der Waals surface area contributed by atoms with Crippen molar-refractivity contribution in [1.82, 2.24) is 10.3 Å². The van der Waals surface area contributed by atoms with Gasteiger partial charge in [-0.1, -0.05) is 12.1 Å². The number of nitrogens with zero attached hydrogens (tertiary/aromatic N) is 1. The van der Waals surface area contributed by atoms with E-state index in [1.165, 1.54) is 19.2 Å². The molecule has 0 spiro atoms. The molecule has 0 radical (unpaired) electrons. The standard InChI is InChI=1S/C19H21FN2O4/c1-11(12-5-7-13(20)8-6-12)21-19(24)17-18(23)16(25-2)10-14(22-17)15-4-3-9-26-15/h5-8,10-11,15,23H,3-4,9H2,1-2H3,(H,21,24). The van der Waals surface area contributed by atoms with Crippen molar-refractivity contribution in [3.8, 4) is 11.5 Å². The molecule has 1 aliphatic rings. The summed E-state index contributed by atoms with van der Waals surface area (Å²) in [6, 6.07) is 7.05. The van der Waals surface area contributed by atoms with Crippen molar-refractivity contribution in [3.63, 3.8) is 0 Å². The number of hydrogen-bond acceptors (Lipinski definition) is 5. The van der Waals surface area contributed by atoms with Gasteiger partial charge in [-0.3, -0.25) is 4.79 Å². The Balaban J connectivity index is 1.85. The summed E-state index contributed by atoms with van der Waals surface area (Å²) in [6.45, 7) is 2.40. The van der Waals surface area contributed by atoms with Crippen LogP contribution in [-0.4, -0.2) is 29.7 Å². The first-order chi connectivity index (χ1) is 12.5. The van der Waals surface area contributed by atoms with Crippen molar-refractivity contribution in [1.29, 1.82) is 0 Å². The van der Waals surface area contributed by atoms with Crippen molar-refractivity contribution >= 4 is 5.91 Å². The fraction of sp³-hybridized carbons (Fsp3) is 0.368. The van der Waals surface area contributed by atoms with Gasteiger partial charge in [-0.2, -0.15) is 0 Å². The van der Waals surface area contributed by atoms with E-state index >= 15 is 0 Å². The number of rotatable bonds is 5. The van der Waals surface area contributed by atoms with E-state index in [1.54, 1.807) is 25.1 Å². The lowest BCUT2D eigenvalue weighted by atomic mass is 10.1. The van der Waals surface area contributed by atoms with E-state index in [2.05, 4.69) is 10.3 Å². The monoisotopic (exact) mass is 360 g/mol. The number of hydrogen-bond donors (Lipinski definition) is 2. The van der Waals surface area contributed by atoms with Gasteiger partial charge in [-0.15, -0.1) is 0 Å². The zero-order valence-electron chi connectivity index (χ0n) is 14.7. The van der Waals surface area contributed by atoms with Crippen LogP contribution in [0.25, 0.3) is 0 Å². The summed E-state index contributed by atoms with van der Waals surface area (Å²) in [5.74, 6) is -1.04. The molecular formula is C19H21FN2O4. The number of methoxy groups -OCH3 is 1. The van der Waals surface area contributed by atoms with Crippen LogP contribution in [-0.2, 0) is 4.74 Å². The molecule has 0 aliphatic carbocycles. The summed E-state index contributed by atoms with van der Waals surface area (Å²) in [5, 5.41) is 13.1. The van der Waals surface area contributed by atoms with Crippen molar-refractivity contribution < 1.29 is 23.8 Å². The Morgan fingerprint density at radius 1 is 1.42 bits per heavy atom. The zero-order chi connectivity index (χ0) is 18.7. The molecule has 0 saturated carbocycles. The number of aromatic hydroxyl groups is 1. The van der Waals surface area contributed by atoms with E-state index in [0.29, 0.717) is 12.3 Å². The molecule has 1 aromatic heterocycles. The third kappa shape index (κ3) is 3.77. The van der Waals surface area contributed by atoms with Crippen LogP contribution in [0.4, 0.5) is 4.39 Å². The molecule has 0 bridgehead atoms. The highest BCUT2D eigenvalue weighted by Crippen LogP contribution is 2.35. The molecule has 2 unspecified atom stereocenters. The predicted octanol–water partition coefficient (Wildman–Crippen LogP) is 3.28. The normalized spacial score (nSPS) is 17.7. The average Bonchev–Trinajstić information content (AvgIpc) is 3.17. The molecule has 7 heteroatoms. The third-order valence-corrected chi connectivity index (χ3v) is 4.39. The maximum absolute atomic E-state index is 13.1. The Hall–Kier alpha value is -2.67. The molecule has 2 heterocycles. The van der Waals surface area contributed by atoms with E-state index in [4.69, 9.17) is 9.47 Å². The highest BCUT2D eigenvalue weighted by Gasteiger charge is 2.26. The summed E-state index contributed by atoms with van der Waals surface area (Å²) >= 11 is 0. The van der Waals surface area contributed by atoms with Gasteiger partial charge in [-0.25, -0.2) is 9.37 Å². The number of pyridine rings is 1. The van der Waals surface area contributed by atoms with Crippen LogP contribution in [0, 0.1) is 5.82 Å². The van der Waals surface area contributed by atoms with Crippen LogP contribution in [0.15, 0.2) is 30.3 Å². The van der Waals surface area contributed by atoms with Crippen LogP contribution < -0.4 is 10.1 Å². The van der Waals surface area contributed by atoms with E-state index < -0.39 is 5.91 Å². The highest BCUT2D eigenvalue weighted by atomic mass is 19.1. The van der Waals surface area contributed by atoms with Crippen LogP contribution in [0.5, 0.6) is 11.5 Å². The largest absolute Gasteiger partial charge is 0.503 e. The van der Waals surface area contributed by atoms with Gasteiger partial charge >= 0.3 is 0 Å². The van der Waals surface area contributed by atoms with Gasteiger partial charge in [0.15, 0.2) is 17.2 Å². The minimum Gasteiger partial charge on any atom is -0.503 e. The number of amides is 1. The summed E-state index contributed by atoms with van der Waals surface area (Å²) in [4.78, 5) is 16.9. The van der Waals surface area contributed by atoms with E-state index in [-0.39, 0.29) is 35.2 Å². The lowest BCUT2D eigenvalue weighted by Gasteiger charge is -2.17. The molecular weight excluding hydrogens is 339 g/mol. The number of carbonyl (C=O) groups is 1. The molecule has 1 aliphatic heterocycles. The van der Waals surface area contributed by atoms with Gasteiger partial charge < -0.3 is 19.9 Å². The second-order valence-electron chi connectivity index (χ2n) is 6.19. The van der Waals surface area contributed by atoms with Crippen molar-refractivity contribution in [2.75, 3.05) is 13.7 Å². The van der Waals surface area contributed by atoms with Crippen LogP contribution >= 0.6 is 0 Å². The van der Waals surface area contributed by atoms with E-state index in [1.807, 2.05) is 0 Å². The summed E-state index contributed by atoms with van der Waals surface area (Å²) < 4.78 is 23.8. The van der Waals surface area contributed by atoms with Crippen molar-refractivity contribution in [2.45, 2.75) is 31.9 Å². The summed E-state index contributed by atoms with van der Waals surface area (Å²) in [5.41, 5.74) is 1.17. The number of halogens is 1. The van der Waals surface area contributed by atoms with E-state index in [9.17, 15) is 14.3 Å². The molecule has 3 rings (SSSR count). The average molecular weight is 360 g/mol. The second-order valence-corrected chi connectivity index (χ2v) is 6.19. The molecule has 1 saturated heterocycles. The summed E-state index contributed by atoms with van der Waals surface area (Å²) in [6.07, 6.45) is 1.50. The molecule has 1 amide bonds. The minimum absolute atomic E-state index is 0.121. The first-order valence-corrected chi connectivity index (χ1v) is 8.45. The maximum Gasteiger partial charge on any atom is 0.274 e. The fourth-order valence-corrected chi connectivity index (χ4v) is 2.92. The predicted molar refractivity (Wildman–Crippen MR) is 92.7 cm³/mol. The van der Waals surface area contributed by atoms with Gasteiger partial charge in [0.25, 0.3) is 5.91 Å². The number of benzene rings is 1. The minimum atomic E-state index is -0.544. The van der Waals surface area contributed by atoms with Crippen LogP contribution in [0.3, 0.4) is 0 Å². The van der Waals surface area contributed by atoms with Gasteiger partial charge in [0.1, 0.15) is 5.82 Å². The molecule has 2 atom stereocenters. The van der Waals surface area contributed by atoms with Crippen molar-refractivity contribution in [3.05, 3.63) is 53.1 Å². The van der Waals surface area contributed by atoms with Crippen LogP contribution in [0.2, 0.25) is 0 Å². The lowest BCUT2D eigenvalue weighted by molar-refractivity contribution is 0.0924. The molecule has 1 fully saturated rings. The van der Waals surface area contributed by atoms with Gasteiger partial charge in [0.2, 0.25) is 0 Å². The Kier molecular flexibility index (Phi) is 5.37. The van der Waals surface area contributed by atoms with Gasteiger partial charge in [-0.05, 0) is 37.5 Å². The van der Waals surface area contributed by atoms with Crippen molar-refractivity contribution in [2.24, 2.45) is 0 Å². The first kappa shape index (κ1) is 18.1. The number of carbonyl (C=O) groups excluding carboxylic acids is 1. The molecule has 138 valence electrons. The molecule has 1 aromatic carbocycles. The lowest BCUT2D eigenvalue weighted by Crippen LogP contribution is -2.28. The van der Waals surface area contributed by atoms with Crippen LogP contribution in [0.1, 0.15) is 53.7 Å². The molecule has 26 heavy (non-hydrogen) atoms. The zero-order valence-corrected chi connectivity index (χ0v) is 14.7. The smallest absolute Gasteiger partial charge is 0.274 e.